The number of rotatable bonds is 8. The summed E-state index contributed by atoms with van der Waals surface area (Å²) in [6.07, 6.45) is -2.17. The lowest BCUT2D eigenvalue weighted by Gasteiger charge is -2.33. The van der Waals surface area contributed by atoms with E-state index in [0.717, 1.165) is 61.3 Å². The van der Waals surface area contributed by atoms with Crippen LogP contribution in [-0.2, 0) is 12.7 Å². The summed E-state index contributed by atoms with van der Waals surface area (Å²) in [7, 11) is 0. The fourth-order valence-corrected chi connectivity index (χ4v) is 5.74. The van der Waals surface area contributed by atoms with Gasteiger partial charge in [0, 0.05) is 44.4 Å². The van der Waals surface area contributed by atoms with Crippen LogP contribution in [-0.4, -0.2) is 63.0 Å². The molecule has 1 amide bonds. The standard InChI is InChI=1S/C27H29F3N6O2S/c1-3-34-8-10-35(11-9-34)15-18-12-22-21(14-32-18)33-16-36(22)24-13-23(25(39-24)26(31)37)38-17(2)19-6-4-5-7-20(19)27(28,29)30/h4-7,12-14,16-17H,3,8-11,15H2,1-2H3,(H2,31,37)/t17-/m1/s1. The van der Waals surface area contributed by atoms with E-state index >= 15 is 0 Å². The molecule has 1 aromatic carbocycles. The Morgan fingerprint density at radius 1 is 1.13 bits per heavy atom. The number of aromatic nitrogens is 3. The molecule has 206 valence electrons. The predicted molar refractivity (Wildman–Crippen MR) is 143 cm³/mol. The van der Waals surface area contributed by atoms with Crippen molar-refractivity contribution in [3.05, 3.63) is 70.6 Å². The van der Waals surface area contributed by atoms with Crippen molar-refractivity contribution in [2.24, 2.45) is 5.73 Å². The average molecular weight is 559 g/mol. The number of ether oxygens (including phenoxy) is 1. The van der Waals surface area contributed by atoms with E-state index in [9.17, 15) is 18.0 Å². The van der Waals surface area contributed by atoms with Gasteiger partial charge in [-0.2, -0.15) is 13.2 Å². The Hall–Kier alpha value is -3.48. The van der Waals surface area contributed by atoms with Gasteiger partial charge in [-0.05, 0) is 25.6 Å². The molecule has 5 rings (SSSR count). The van der Waals surface area contributed by atoms with Crippen LogP contribution in [0.4, 0.5) is 13.2 Å². The molecule has 1 saturated heterocycles. The molecule has 4 heterocycles. The first-order valence-electron chi connectivity index (χ1n) is 12.7. The lowest BCUT2D eigenvalue weighted by Crippen LogP contribution is -2.45. The van der Waals surface area contributed by atoms with Crippen molar-refractivity contribution in [3.63, 3.8) is 0 Å². The number of benzene rings is 1. The number of hydrogen-bond donors (Lipinski definition) is 1. The van der Waals surface area contributed by atoms with Gasteiger partial charge in [-0.25, -0.2) is 4.98 Å². The smallest absolute Gasteiger partial charge is 0.416 e. The third-order valence-electron chi connectivity index (χ3n) is 6.94. The predicted octanol–water partition coefficient (Wildman–Crippen LogP) is 4.88. The van der Waals surface area contributed by atoms with Crippen LogP contribution >= 0.6 is 11.3 Å². The van der Waals surface area contributed by atoms with Gasteiger partial charge in [0.1, 0.15) is 33.6 Å². The highest BCUT2D eigenvalue weighted by molar-refractivity contribution is 7.16. The van der Waals surface area contributed by atoms with Gasteiger partial charge in [0.2, 0.25) is 0 Å². The molecule has 1 atom stereocenters. The summed E-state index contributed by atoms with van der Waals surface area (Å²) in [4.78, 5) is 26.2. The van der Waals surface area contributed by atoms with Crippen molar-refractivity contribution in [2.75, 3.05) is 32.7 Å². The number of amides is 1. The first-order valence-corrected chi connectivity index (χ1v) is 13.5. The summed E-state index contributed by atoms with van der Waals surface area (Å²) in [5.74, 6) is -0.604. The van der Waals surface area contributed by atoms with Crippen molar-refractivity contribution < 1.29 is 22.7 Å². The summed E-state index contributed by atoms with van der Waals surface area (Å²) < 4.78 is 48.4. The quantitative estimate of drug-likeness (QED) is 0.332. The number of alkyl halides is 3. The number of likely N-dealkylation sites (N-methyl/N-ethyl adjacent to an activating group) is 1. The number of piperazine rings is 1. The lowest BCUT2D eigenvalue weighted by atomic mass is 10.0. The highest BCUT2D eigenvalue weighted by Crippen LogP contribution is 2.39. The topological polar surface area (TPSA) is 89.5 Å². The first kappa shape index (κ1) is 27.1. The number of nitrogens with zero attached hydrogens (tertiary/aromatic N) is 5. The van der Waals surface area contributed by atoms with Crippen LogP contribution in [0, 0.1) is 0 Å². The fraction of sp³-hybridized carbons (Fsp3) is 0.370. The Morgan fingerprint density at radius 2 is 1.85 bits per heavy atom. The van der Waals surface area contributed by atoms with Crippen LogP contribution in [0.1, 0.15) is 46.4 Å². The number of pyridine rings is 1. The number of carbonyl (C=O) groups excluding carboxylic acids is 1. The molecule has 1 aliphatic heterocycles. The van der Waals surface area contributed by atoms with Crippen LogP contribution in [0.2, 0.25) is 0 Å². The second-order valence-electron chi connectivity index (χ2n) is 9.48. The van der Waals surface area contributed by atoms with Gasteiger partial charge in [-0.3, -0.25) is 19.2 Å². The maximum atomic E-state index is 13.6. The number of carbonyl (C=O) groups is 1. The van der Waals surface area contributed by atoms with Gasteiger partial charge in [0.25, 0.3) is 5.91 Å². The zero-order chi connectivity index (χ0) is 27.7. The SMILES string of the molecule is CCN1CCN(Cc2cc3c(cn2)ncn3-c2cc(O[C@H](C)c3ccccc3C(F)(F)F)c(C(N)=O)s2)CC1. The number of nitrogens with two attached hydrogens (primary N) is 1. The lowest BCUT2D eigenvalue weighted by molar-refractivity contribution is -0.139. The molecular formula is C27H29F3N6O2S. The number of fused-ring (bicyclic) bond motifs is 1. The van der Waals surface area contributed by atoms with Crippen LogP contribution in [0.3, 0.4) is 0 Å². The van der Waals surface area contributed by atoms with Crippen molar-refractivity contribution in [1.29, 1.82) is 0 Å². The minimum Gasteiger partial charge on any atom is -0.484 e. The van der Waals surface area contributed by atoms with Crippen molar-refractivity contribution in [1.82, 2.24) is 24.3 Å². The molecule has 0 saturated carbocycles. The summed E-state index contributed by atoms with van der Waals surface area (Å²) in [6.45, 7) is 9.42. The molecule has 0 spiro atoms. The van der Waals surface area contributed by atoms with E-state index in [4.69, 9.17) is 10.5 Å². The van der Waals surface area contributed by atoms with Gasteiger partial charge >= 0.3 is 6.18 Å². The van der Waals surface area contributed by atoms with Crippen LogP contribution in [0.25, 0.3) is 16.0 Å². The second-order valence-corrected chi connectivity index (χ2v) is 10.5. The number of primary amides is 1. The molecule has 2 N–H and O–H groups in total. The molecule has 8 nitrogen and oxygen atoms in total. The van der Waals surface area contributed by atoms with E-state index < -0.39 is 23.8 Å². The molecule has 12 heteroatoms. The Labute approximate surface area is 227 Å². The van der Waals surface area contributed by atoms with E-state index in [0.29, 0.717) is 17.1 Å². The molecule has 1 aliphatic rings. The van der Waals surface area contributed by atoms with Gasteiger partial charge in [-0.15, -0.1) is 11.3 Å². The van der Waals surface area contributed by atoms with Gasteiger partial charge in [0.15, 0.2) is 0 Å². The average Bonchev–Trinajstić information content (AvgIpc) is 3.52. The fourth-order valence-electron chi connectivity index (χ4n) is 4.81. The van der Waals surface area contributed by atoms with E-state index in [-0.39, 0.29) is 16.2 Å². The molecule has 0 radical (unpaired) electrons. The molecule has 0 unspecified atom stereocenters. The Morgan fingerprint density at radius 3 is 2.54 bits per heavy atom. The van der Waals surface area contributed by atoms with Crippen molar-refractivity contribution in [3.8, 4) is 10.8 Å². The van der Waals surface area contributed by atoms with Crippen molar-refractivity contribution >= 4 is 28.3 Å². The summed E-state index contributed by atoms with van der Waals surface area (Å²) >= 11 is 1.10. The van der Waals surface area contributed by atoms with E-state index in [1.807, 2.05) is 10.6 Å². The normalized spacial score (nSPS) is 16.0. The summed E-state index contributed by atoms with van der Waals surface area (Å²) in [6, 6.07) is 8.81. The van der Waals surface area contributed by atoms with Gasteiger partial charge in [0.05, 0.1) is 23.0 Å². The third kappa shape index (κ3) is 5.77. The molecule has 0 bridgehead atoms. The molecule has 3 aromatic heterocycles. The third-order valence-corrected chi connectivity index (χ3v) is 8.07. The highest BCUT2D eigenvalue weighted by atomic mass is 32.1. The molecule has 4 aromatic rings. The Bertz CT molecular complexity index is 1480. The molecule has 39 heavy (non-hydrogen) atoms. The molecule has 0 aliphatic carbocycles. The number of hydrogen-bond acceptors (Lipinski definition) is 7. The number of thiophene rings is 1. The largest absolute Gasteiger partial charge is 0.484 e. The summed E-state index contributed by atoms with van der Waals surface area (Å²) in [5, 5.41) is 0.603. The maximum absolute atomic E-state index is 13.6. The minimum absolute atomic E-state index is 0.0308. The Balaban J connectivity index is 1.42. The van der Waals surface area contributed by atoms with Gasteiger partial charge in [-0.1, -0.05) is 25.1 Å². The van der Waals surface area contributed by atoms with E-state index in [2.05, 4.69) is 26.7 Å². The van der Waals surface area contributed by atoms with Crippen LogP contribution < -0.4 is 10.5 Å². The summed E-state index contributed by atoms with van der Waals surface area (Å²) in [5.41, 5.74) is 7.18. The molecule has 1 fully saturated rings. The molecular weight excluding hydrogens is 529 g/mol. The van der Waals surface area contributed by atoms with E-state index in [1.54, 1.807) is 18.6 Å². The Kier molecular flexibility index (Phi) is 7.61. The van der Waals surface area contributed by atoms with Crippen LogP contribution in [0.15, 0.2) is 48.9 Å². The van der Waals surface area contributed by atoms with E-state index in [1.165, 1.54) is 25.1 Å². The minimum atomic E-state index is -4.54. The van der Waals surface area contributed by atoms with Gasteiger partial charge < -0.3 is 15.4 Å². The zero-order valence-electron chi connectivity index (χ0n) is 21.6. The highest BCUT2D eigenvalue weighted by Gasteiger charge is 2.35. The second kappa shape index (κ2) is 10.9. The first-order chi connectivity index (χ1) is 18.6. The number of halogens is 3. The van der Waals surface area contributed by atoms with Crippen molar-refractivity contribution in [2.45, 2.75) is 32.7 Å². The maximum Gasteiger partial charge on any atom is 0.416 e. The zero-order valence-corrected chi connectivity index (χ0v) is 22.4. The van der Waals surface area contributed by atoms with Crippen LogP contribution in [0.5, 0.6) is 5.75 Å². The number of imidazole rings is 1. The monoisotopic (exact) mass is 558 g/mol.